The second kappa shape index (κ2) is 5.69. The summed E-state index contributed by atoms with van der Waals surface area (Å²) < 4.78 is 24.0. The van der Waals surface area contributed by atoms with Gasteiger partial charge in [0.05, 0.1) is 13.7 Å². The molecule has 100 valence electrons. The van der Waals surface area contributed by atoms with Crippen LogP contribution in [0.25, 0.3) is 10.8 Å². The summed E-state index contributed by atoms with van der Waals surface area (Å²) in [6.45, 7) is 1.79. The highest BCUT2D eigenvalue weighted by atomic mass is 19.1. The molecular weight excluding hydrogens is 247 g/mol. The highest BCUT2D eigenvalue weighted by molar-refractivity contribution is 5.87. The van der Waals surface area contributed by atoms with Crippen LogP contribution in [-0.2, 0) is 9.53 Å². The van der Waals surface area contributed by atoms with Gasteiger partial charge in [0.1, 0.15) is 5.75 Å². The lowest BCUT2D eigenvalue weighted by molar-refractivity contribution is -0.149. The van der Waals surface area contributed by atoms with Crippen molar-refractivity contribution in [2.24, 2.45) is 0 Å². The van der Waals surface area contributed by atoms with Gasteiger partial charge in [-0.1, -0.05) is 24.3 Å². The largest absolute Gasteiger partial charge is 0.496 e. The molecule has 4 heteroatoms. The fourth-order valence-corrected chi connectivity index (χ4v) is 1.95. The number of esters is 1. The van der Waals surface area contributed by atoms with Crippen LogP contribution >= 0.6 is 0 Å². The van der Waals surface area contributed by atoms with E-state index < -0.39 is 12.1 Å². The molecule has 2 rings (SSSR count). The average molecular weight is 262 g/mol. The molecule has 2 aromatic rings. The van der Waals surface area contributed by atoms with Crippen molar-refractivity contribution in [3.63, 3.8) is 0 Å². The molecule has 0 aliphatic rings. The molecule has 0 radical (unpaired) electrons. The van der Waals surface area contributed by atoms with Gasteiger partial charge in [0.25, 0.3) is 0 Å². The van der Waals surface area contributed by atoms with E-state index >= 15 is 0 Å². The zero-order valence-electron chi connectivity index (χ0n) is 10.9. The van der Waals surface area contributed by atoms with Crippen molar-refractivity contribution in [3.05, 3.63) is 42.0 Å². The van der Waals surface area contributed by atoms with Gasteiger partial charge in [0, 0.05) is 5.56 Å². The van der Waals surface area contributed by atoms with Crippen LogP contribution in [-0.4, -0.2) is 19.7 Å². The van der Waals surface area contributed by atoms with Gasteiger partial charge < -0.3 is 9.47 Å². The molecular formula is C15H15FO3. The smallest absolute Gasteiger partial charge is 0.345 e. The molecule has 0 heterocycles. The quantitative estimate of drug-likeness (QED) is 0.792. The van der Waals surface area contributed by atoms with E-state index in [4.69, 9.17) is 9.47 Å². The summed E-state index contributed by atoms with van der Waals surface area (Å²) >= 11 is 0. The average Bonchev–Trinajstić information content (AvgIpc) is 2.45. The first-order chi connectivity index (χ1) is 9.17. The molecule has 0 N–H and O–H groups in total. The number of benzene rings is 2. The van der Waals surface area contributed by atoms with Gasteiger partial charge >= 0.3 is 5.97 Å². The predicted molar refractivity (Wildman–Crippen MR) is 71.0 cm³/mol. The van der Waals surface area contributed by atoms with Gasteiger partial charge in [-0.3, -0.25) is 0 Å². The molecule has 0 saturated carbocycles. The number of hydrogen-bond donors (Lipinski definition) is 0. The van der Waals surface area contributed by atoms with Gasteiger partial charge in [-0.15, -0.1) is 0 Å². The lowest BCUT2D eigenvalue weighted by Gasteiger charge is -2.13. The van der Waals surface area contributed by atoms with Crippen LogP contribution < -0.4 is 4.74 Å². The maximum absolute atomic E-state index is 14.1. The van der Waals surface area contributed by atoms with E-state index in [0.717, 1.165) is 10.8 Å². The zero-order chi connectivity index (χ0) is 13.8. The molecule has 0 saturated heterocycles. The van der Waals surface area contributed by atoms with Crippen LogP contribution in [0.4, 0.5) is 4.39 Å². The molecule has 0 bridgehead atoms. The number of alkyl halides is 1. The Kier molecular flexibility index (Phi) is 4.00. The number of fused-ring (bicyclic) bond motifs is 1. The molecule has 0 fully saturated rings. The van der Waals surface area contributed by atoms with Crippen molar-refractivity contribution in [2.45, 2.75) is 13.1 Å². The van der Waals surface area contributed by atoms with Crippen molar-refractivity contribution < 1.29 is 18.7 Å². The number of halogens is 1. The summed E-state index contributed by atoms with van der Waals surface area (Å²) in [5, 5.41) is 1.78. The van der Waals surface area contributed by atoms with E-state index in [2.05, 4.69) is 0 Å². The minimum absolute atomic E-state index is 0.148. The fourth-order valence-electron chi connectivity index (χ4n) is 1.95. The Balaban J connectivity index is 2.48. The Hall–Kier alpha value is -2.10. The lowest BCUT2D eigenvalue weighted by atomic mass is 10.0. The van der Waals surface area contributed by atoms with E-state index in [9.17, 15) is 9.18 Å². The van der Waals surface area contributed by atoms with E-state index in [1.807, 2.05) is 24.3 Å². The van der Waals surface area contributed by atoms with Crippen LogP contribution in [0, 0.1) is 0 Å². The predicted octanol–water partition coefficient (Wildman–Crippen LogP) is 3.42. The highest BCUT2D eigenvalue weighted by Crippen LogP contribution is 2.33. The van der Waals surface area contributed by atoms with Crippen molar-refractivity contribution in [3.8, 4) is 5.75 Å². The van der Waals surface area contributed by atoms with Crippen molar-refractivity contribution in [1.29, 1.82) is 0 Å². The SMILES string of the molecule is CCOC(=O)C(F)c1cc2ccccc2cc1OC. The van der Waals surface area contributed by atoms with Crippen LogP contribution in [0.3, 0.4) is 0 Å². The molecule has 0 aliphatic carbocycles. The summed E-state index contributed by atoms with van der Waals surface area (Å²) in [7, 11) is 1.45. The molecule has 1 unspecified atom stereocenters. The second-order valence-corrected chi connectivity index (χ2v) is 4.06. The summed E-state index contributed by atoms with van der Waals surface area (Å²) in [6.07, 6.45) is -1.83. The Bertz CT molecular complexity index is 595. The van der Waals surface area contributed by atoms with Gasteiger partial charge in [0.15, 0.2) is 0 Å². The van der Waals surface area contributed by atoms with Crippen molar-refractivity contribution in [2.75, 3.05) is 13.7 Å². The Morgan fingerprint density at radius 1 is 1.26 bits per heavy atom. The highest BCUT2D eigenvalue weighted by Gasteiger charge is 2.25. The third-order valence-electron chi connectivity index (χ3n) is 2.86. The third-order valence-corrected chi connectivity index (χ3v) is 2.86. The monoisotopic (exact) mass is 262 g/mol. The number of methoxy groups -OCH3 is 1. The standard InChI is InChI=1S/C15H15FO3/c1-3-19-15(17)14(16)12-8-10-6-4-5-7-11(10)9-13(12)18-2/h4-9,14H,3H2,1-2H3. The Morgan fingerprint density at radius 2 is 1.89 bits per heavy atom. The number of hydrogen-bond acceptors (Lipinski definition) is 3. The summed E-state index contributed by atoms with van der Waals surface area (Å²) in [5.74, 6) is -0.546. The maximum Gasteiger partial charge on any atom is 0.345 e. The Labute approximate surface area is 110 Å². The minimum Gasteiger partial charge on any atom is -0.496 e. The molecule has 1 atom stereocenters. The van der Waals surface area contributed by atoms with Crippen molar-refractivity contribution >= 4 is 16.7 Å². The molecule has 0 aliphatic heterocycles. The van der Waals surface area contributed by atoms with E-state index in [0.29, 0.717) is 5.75 Å². The summed E-state index contributed by atoms with van der Waals surface area (Å²) in [5.41, 5.74) is 0.194. The molecule has 3 nitrogen and oxygen atoms in total. The lowest BCUT2D eigenvalue weighted by Crippen LogP contribution is -2.12. The number of carbonyl (C=O) groups is 1. The van der Waals surface area contributed by atoms with Gasteiger partial charge in [0.2, 0.25) is 6.17 Å². The first-order valence-electron chi connectivity index (χ1n) is 6.04. The number of ether oxygens (including phenoxy) is 2. The molecule has 0 aromatic heterocycles. The number of carbonyl (C=O) groups excluding carboxylic acids is 1. The number of rotatable bonds is 4. The molecule has 0 amide bonds. The fraction of sp³-hybridized carbons (Fsp3) is 0.267. The van der Waals surface area contributed by atoms with E-state index in [1.165, 1.54) is 7.11 Å². The summed E-state index contributed by atoms with van der Waals surface area (Å²) in [6, 6.07) is 10.8. The van der Waals surface area contributed by atoms with Gasteiger partial charge in [-0.2, -0.15) is 0 Å². The minimum atomic E-state index is -1.83. The second-order valence-electron chi connectivity index (χ2n) is 4.06. The maximum atomic E-state index is 14.1. The van der Waals surface area contributed by atoms with Crippen LogP contribution in [0.2, 0.25) is 0 Å². The topological polar surface area (TPSA) is 35.5 Å². The molecule has 0 spiro atoms. The molecule has 2 aromatic carbocycles. The first kappa shape index (κ1) is 13.3. The van der Waals surface area contributed by atoms with Crippen LogP contribution in [0.5, 0.6) is 5.75 Å². The Morgan fingerprint density at radius 3 is 2.47 bits per heavy atom. The van der Waals surface area contributed by atoms with Crippen LogP contribution in [0.15, 0.2) is 36.4 Å². The van der Waals surface area contributed by atoms with E-state index in [1.54, 1.807) is 19.1 Å². The van der Waals surface area contributed by atoms with Gasteiger partial charge in [-0.05, 0) is 29.8 Å². The normalized spacial score (nSPS) is 12.2. The van der Waals surface area contributed by atoms with Gasteiger partial charge in [-0.25, -0.2) is 9.18 Å². The first-order valence-corrected chi connectivity index (χ1v) is 6.04. The van der Waals surface area contributed by atoms with Crippen LogP contribution in [0.1, 0.15) is 18.7 Å². The molecule has 19 heavy (non-hydrogen) atoms. The zero-order valence-corrected chi connectivity index (χ0v) is 10.9. The van der Waals surface area contributed by atoms with Crippen molar-refractivity contribution in [1.82, 2.24) is 0 Å². The summed E-state index contributed by atoms with van der Waals surface area (Å²) in [4.78, 5) is 11.5. The third kappa shape index (κ3) is 2.67. The van der Waals surface area contributed by atoms with E-state index in [-0.39, 0.29) is 12.2 Å².